The van der Waals surface area contributed by atoms with Crippen LogP contribution in [-0.2, 0) is 21.4 Å². The molecule has 2 aliphatic rings. The maximum absolute atomic E-state index is 13.9. The van der Waals surface area contributed by atoms with Crippen molar-refractivity contribution in [3.05, 3.63) is 78.0 Å². The maximum Gasteiger partial charge on any atom is 0.233 e. The van der Waals surface area contributed by atoms with Crippen LogP contribution < -0.4 is 0 Å². The van der Waals surface area contributed by atoms with Gasteiger partial charge in [0, 0.05) is 37.9 Å². The highest BCUT2D eigenvalue weighted by Gasteiger charge is 2.44. The number of rotatable bonds is 4. The smallest absolute Gasteiger partial charge is 0.233 e. The summed E-state index contributed by atoms with van der Waals surface area (Å²) >= 11 is 0. The van der Waals surface area contributed by atoms with Gasteiger partial charge < -0.3 is 9.64 Å². The van der Waals surface area contributed by atoms with E-state index in [1.807, 2.05) is 18.3 Å². The third kappa shape index (κ3) is 4.16. The third-order valence-electron chi connectivity index (χ3n) is 7.46. The lowest BCUT2D eigenvalue weighted by atomic mass is 9.73. The molecular formula is C28H32N2O2. The van der Waals surface area contributed by atoms with Gasteiger partial charge in [0.05, 0.1) is 10.9 Å². The van der Waals surface area contributed by atoms with E-state index in [0.717, 1.165) is 56.3 Å². The molecule has 3 aromatic rings. The van der Waals surface area contributed by atoms with Crippen molar-refractivity contribution in [1.82, 2.24) is 9.88 Å². The zero-order chi connectivity index (χ0) is 21.8. The van der Waals surface area contributed by atoms with E-state index in [2.05, 4.69) is 58.4 Å². The Balaban J connectivity index is 1.32. The Morgan fingerprint density at radius 1 is 0.969 bits per heavy atom. The number of pyridine rings is 1. The Hall–Kier alpha value is -2.72. The molecule has 2 aromatic carbocycles. The van der Waals surface area contributed by atoms with Crippen LogP contribution in [0.2, 0.25) is 0 Å². The summed E-state index contributed by atoms with van der Waals surface area (Å²) in [6.07, 6.45) is 7.77. The molecule has 3 heterocycles. The Kier molecular flexibility index (Phi) is 6.22. The standard InChI is InChI=1S/C28H32N2O2/c31-27(28(14-19-32-20-15-28)24-9-2-1-3-10-24)30-17-6-7-22(13-18-30)21-23-8-4-12-26-25(23)11-5-16-29-26/h1-5,8-12,16,22H,6-7,13-15,17-21H2/t22-/m1/s1. The van der Waals surface area contributed by atoms with Crippen molar-refractivity contribution in [3.8, 4) is 0 Å². The second-order valence-electron chi connectivity index (χ2n) is 9.34. The van der Waals surface area contributed by atoms with Crippen molar-refractivity contribution in [3.63, 3.8) is 0 Å². The van der Waals surface area contributed by atoms with Gasteiger partial charge in [-0.2, -0.15) is 0 Å². The minimum absolute atomic E-state index is 0.307. The topological polar surface area (TPSA) is 42.4 Å². The molecule has 0 radical (unpaired) electrons. The average Bonchev–Trinajstić information content (AvgIpc) is 3.10. The number of hydrogen-bond donors (Lipinski definition) is 0. The van der Waals surface area contributed by atoms with Crippen LogP contribution in [0.25, 0.3) is 10.9 Å². The summed E-state index contributed by atoms with van der Waals surface area (Å²) < 4.78 is 5.65. The van der Waals surface area contributed by atoms with E-state index in [1.54, 1.807) is 0 Å². The fraction of sp³-hybridized carbons (Fsp3) is 0.429. The van der Waals surface area contributed by atoms with Crippen LogP contribution in [0, 0.1) is 5.92 Å². The Bertz CT molecular complexity index is 1050. The van der Waals surface area contributed by atoms with Gasteiger partial charge in [0.2, 0.25) is 5.91 Å². The van der Waals surface area contributed by atoms with Crippen molar-refractivity contribution < 1.29 is 9.53 Å². The van der Waals surface area contributed by atoms with Crippen LogP contribution in [0.4, 0.5) is 0 Å². The third-order valence-corrected chi connectivity index (χ3v) is 7.46. The van der Waals surface area contributed by atoms with Gasteiger partial charge in [0.15, 0.2) is 0 Å². The lowest BCUT2D eigenvalue weighted by Crippen LogP contribution is -2.50. The molecule has 0 spiro atoms. The molecule has 0 saturated carbocycles. The van der Waals surface area contributed by atoms with Crippen molar-refractivity contribution in [2.75, 3.05) is 26.3 Å². The van der Waals surface area contributed by atoms with Crippen molar-refractivity contribution >= 4 is 16.8 Å². The van der Waals surface area contributed by atoms with Gasteiger partial charge in [-0.15, -0.1) is 0 Å². The fourth-order valence-electron chi connectivity index (χ4n) is 5.63. The molecular weight excluding hydrogens is 396 g/mol. The molecule has 1 atom stereocenters. The maximum atomic E-state index is 13.9. The number of benzene rings is 2. The van der Waals surface area contributed by atoms with Crippen molar-refractivity contribution in [1.29, 1.82) is 0 Å². The van der Waals surface area contributed by atoms with Crippen LogP contribution >= 0.6 is 0 Å². The predicted molar refractivity (Wildman–Crippen MR) is 128 cm³/mol. The molecule has 4 nitrogen and oxygen atoms in total. The first-order chi connectivity index (χ1) is 15.8. The summed E-state index contributed by atoms with van der Waals surface area (Å²) in [5.74, 6) is 0.906. The molecule has 4 heteroatoms. The fourth-order valence-corrected chi connectivity index (χ4v) is 5.63. The molecule has 0 bridgehead atoms. The second kappa shape index (κ2) is 9.41. The van der Waals surface area contributed by atoms with E-state index in [0.29, 0.717) is 25.0 Å². The zero-order valence-corrected chi connectivity index (χ0v) is 18.7. The molecule has 2 aliphatic heterocycles. The first-order valence-corrected chi connectivity index (χ1v) is 12.0. The lowest BCUT2D eigenvalue weighted by Gasteiger charge is -2.40. The second-order valence-corrected chi connectivity index (χ2v) is 9.34. The van der Waals surface area contributed by atoms with Gasteiger partial charge in [-0.3, -0.25) is 9.78 Å². The van der Waals surface area contributed by atoms with Crippen molar-refractivity contribution in [2.45, 2.75) is 43.9 Å². The molecule has 0 unspecified atom stereocenters. The van der Waals surface area contributed by atoms with E-state index in [-0.39, 0.29) is 0 Å². The number of aromatic nitrogens is 1. The van der Waals surface area contributed by atoms with Crippen LogP contribution in [0.1, 0.15) is 43.2 Å². The van der Waals surface area contributed by atoms with Gasteiger partial charge in [0.1, 0.15) is 0 Å². The van der Waals surface area contributed by atoms with E-state index in [4.69, 9.17) is 4.74 Å². The summed E-state index contributed by atoms with van der Waals surface area (Å²) in [5, 5.41) is 1.26. The number of fused-ring (bicyclic) bond motifs is 1. The summed E-state index contributed by atoms with van der Waals surface area (Å²) in [6.45, 7) is 3.03. The quantitative estimate of drug-likeness (QED) is 0.577. The summed E-state index contributed by atoms with van der Waals surface area (Å²) in [6, 6.07) is 21.0. The number of carbonyl (C=O) groups is 1. The van der Waals surface area contributed by atoms with E-state index >= 15 is 0 Å². The van der Waals surface area contributed by atoms with Gasteiger partial charge in [-0.05, 0) is 67.7 Å². The summed E-state index contributed by atoms with van der Waals surface area (Å²) in [5.41, 5.74) is 3.17. The molecule has 5 rings (SSSR count). The number of nitrogens with zero attached hydrogens (tertiary/aromatic N) is 2. The summed E-state index contributed by atoms with van der Waals surface area (Å²) in [4.78, 5) is 20.6. The van der Waals surface area contributed by atoms with Gasteiger partial charge in [0.25, 0.3) is 0 Å². The molecule has 2 fully saturated rings. The SMILES string of the molecule is O=C(N1CCC[C@@H](Cc2cccc3ncccc23)CC1)C1(c2ccccc2)CCOCC1. The average molecular weight is 429 g/mol. The molecule has 1 aromatic heterocycles. The highest BCUT2D eigenvalue weighted by atomic mass is 16.5. The highest BCUT2D eigenvalue weighted by molar-refractivity contribution is 5.88. The van der Waals surface area contributed by atoms with Crippen LogP contribution in [0.5, 0.6) is 0 Å². The van der Waals surface area contributed by atoms with Gasteiger partial charge in [-0.25, -0.2) is 0 Å². The molecule has 0 aliphatic carbocycles. The Morgan fingerprint density at radius 2 is 1.81 bits per heavy atom. The number of hydrogen-bond acceptors (Lipinski definition) is 3. The zero-order valence-electron chi connectivity index (χ0n) is 18.7. The summed E-state index contributed by atoms with van der Waals surface area (Å²) in [7, 11) is 0. The van der Waals surface area contributed by atoms with Crippen molar-refractivity contribution in [2.24, 2.45) is 5.92 Å². The molecule has 1 amide bonds. The highest BCUT2D eigenvalue weighted by Crippen LogP contribution is 2.38. The molecule has 32 heavy (non-hydrogen) atoms. The van der Waals surface area contributed by atoms with Gasteiger partial charge >= 0.3 is 0 Å². The van der Waals surface area contributed by atoms with E-state index in [9.17, 15) is 4.79 Å². The lowest BCUT2D eigenvalue weighted by molar-refractivity contribution is -0.141. The first kappa shape index (κ1) is 21.1. The van der Waals surface area contributed by atoms with E-state index in [1.165, 1.54) is 17.4 Å². The van der Waals surface area contributed by atoms with Gasteiger partial charge in [-0.1, -0.05) is 48.5 Å². The predicted octanol–water partition coefficient (Wildman–Crippen LogP) is 5.15. The number of ether oxygens (including phenoxy) is 1. The first-order valence-electron chi connectivity index (χ1n) is 12.0. The van der Waals surface area contributed by atoms with Crippen LogP contribution in [0.3, 0.4) is 0 Å². The molecule has 2 saturated heterocycles. The Labute approximate surface area is 190 Å². The normalized spacial score (nSPS) is 21.2. The number of likely N-dealkylation sites (tertiary alicyclic amines) is 1. The van der Waals surface area contributed by atoms with Crippen LogP contribution in [0.15, 0.2) is 66.9 Å². The Morgan fingerprint density at radius 3 is 2.66 bits per heavy atom. The van der Waals surface area contributed by atoms with E-state index < -0.39 is 5.41 Å². The minimum Gasteiger partial charge on any atom is -0.381 e. The largest absolute Gasteiger partial charge is 0.381 e. The van der Waals surface area contributed by atoms with Crippen LogP contribution in [-0.4, -0.2) is 42.1 Å². The number of amides is 1. The monoisotopic (exact) mass is 428 g/mol. The minimum atomic E-state index is -0.430. The number of carbonyl (C=O) groups excluding carboxylic acids is 1. The molecule has 0 N–H and O–H groups in total. The molecule has 166 valence electrons.